The highest BCUT2D eigenvalue weighted by molar-refractivity contribution is 6.30. The highest BCUT2D eigenvalue weighted by Crippen LogP contribution is 2.29. The van der Waals surface area contributed by atoms with Crippen LogP contribution in [0.5, 0.6) is 0 Å². The van der Waals surface area contributed by atoms with E-state index in [4.69, 9.17) is 11.6 Å². The summed E-state index contributed by atoms with van der Waals surface area (Å²) in [6.07, 6.45) is 0. The van der Waals surface area contributed by atoms with Crippen molar-refractivity contribution in [2.75, 3.05) is 11.9 Å². The van der Waals surface area contributed by atoms with Crippen LogP contribution in [0.4, 0.5) is 5.69 Å². The predicted molar refractivity (Wildman–Crippen MR) is 84.2 cm³/mol. The van der Waals surface area contributed by atoms with Gasteiger partial charge in [-0.05, 0) is 49.2 Å². The molecule has 0 bridgehead atoms. The molecule has 2 rings (SSSR count). The summed E-state index contributed by atoms with van der Waals surface area (Å²) in [6, 6.07) is 16.2. The van der Waals surface area contributed by atoms with Gasteiger partial charge in [-0.2, -0.15) is 5.26 Å². The first kappa shape index (κ1) is 14.4. The summed E-state index contributed by atoms with van der Waals surface area (Å²) in [5, 5.41) is 10.0. The minimum absolute atomic E-state index is 0.169. The fourth-order valence-corrected chi connectivity index (χ4v) is 2.35. The molecule has 1 unspecified atom stereocenters. The van der Waals surface area contributed by atoms with Gasteiger partial charge in [0.1, 0.15) is 6.07 Å². The largest absolute Gasteiger partial charge is 0.367 e. The molecule has 3 heteroatoms. The minimum atomic E-state index is 0.169. The standard InChI is InChI=1S/C17H17ClN2/c1-12-4-9-17(15(10-12)11-19)20(3)13(2)14-5-7-16(18)8-6-14/h4-10,13H,1-3H3. The van der Waals surface area contributed by atoms with Gasteiger partial charge in [-0.25, -0.2) is 0 Å². The van der Waals surface area contributed by atoms with Gasteiger partial charge in [-0.1, -0.05) is 29.8 Å². The number of aryl methyl sites for hydroxylation is 1. The first-order valence-corrected chi connectivity index (χ1v) is 6.89. The molecule has 0 fully saturated rings. The monoisotopic (exact) mass is 284 g/mol. The average Bonchev–Trinajstić information content (AvgIpc) is 2.46. The van der Waals surface area contributed by atoms with Crippen molar-refractivity contribution in [3.8, 4) is 6.07 Å². The highest BCUT2D eigenvalue weighted by Gasteiger charge is 2.15. The maximum Gasteiger partial charge on any atom is 0.101 e. The number of hydrogen-bond acceptors (Lipinski definition) is 2. The SMILES string of the molecule is Cc1ccc(N(C)C(C)c2ccc(Cl)cc2)c(C#N)c1. The van der Waals surface area contributed by atoms with E-state index < -0.39 is 0 Å². The molecular formula is C17H17ClN2. The summed E-state index contributed by atoms with van der Waals surface area (Å²) < 4.78 is 0. The van der Waals surface area contributed by atoms with Crippen molar-refractivity contribution in [2.24, 2.45) is 0 Å². The van der Waals surface area contributed by atoms with E-state index in [0.29, 0.717) is 5.56 Å². The summed E-state index contributed by atoms with van der Waals surface area (Å²) in [5.74, 6) is 0. The third kappa shape index (κ3) is 2.95. The van der Waals surface area contributed by atoms with Gasteiger partial charge in [0.15, 0.2) is 0 Å². The van der Waals surface area contributed by atoms with E-state index in [9.17, 15) is 5.26 Å². The Kier molecular flexibility index (Phi) is 4.32. The van der Waals surface area contributed by atoms with Crippen molar-refractivity contribution < 1.29 is 0 Å². The van der Waals surface area contributed by atoms with Gasteiger partial charge in [-0.3, -0.25) is 0 Å². The molecule has 1 atom stereocenters. The molecule has 0 amide bonds. The molecule has 0 saturated heterocycles. The Morgan fingerprint density at radius 2 is 1.80 bits per heavy atom. The number of anilines is 1. The van der Waals surface area contributed by atoms with Gasteiger partial charge in [0, 0.05) is 12.1 Å². The van der Waals surface area contributed by atoms with Crippen molar-refractivity contribution in [1.82, 2.24) is 0 Å². The van der Waals surface area contributed by atoms with E-state index in [1.54, 1.807) is 0 Å². The van der Waals surface area contributed by atoms with Gasteiger partial charge < -0.3 is 4.90 Å². The molecule has 0 radical (unpaired) electrons. The summed E-state index contributed by atoms with van der Waals surface area (Å²) in [4.78, 5) is 2.11. The Bertz CT molecular complexity index is 641. The smallest absolute Gasteiger partial charge is 0.101 e. The second kappa shape index (κ2) is 5.98. The van der Waals surface area contributed by atoms with Gasteiger partial charge in [0.05, 0.1) is 17.3 Å². The Labute approximate surface area is 125 Å². The molecule has 0 aromatic heterocycles. The first-order chi connectivity index (χ1) is 9.52. The number of nitriles is 1. The summed E-state index contributed by atoms with van der Waals surface area (Å²) in [5.41, 5.74) is 3.91. The Balaban J connectivity index is 2.33. The summed E-state index contributed by atoms with van der Waals surface area (Å²) in [7, 11) is 2.00. The third-order valence-corrected chi connectivity index (χ3v) is 3.84. The third-order valence-electron chi connectivity index (χ3n) is 3.59. The van der Waals surface area contributed by atoms with Crippen LogP contribution in [0.25, 0.3) is 0 Å². The normalized spacial score (nSPS) is 11.8. The van der Waals surface area contributed by atoms with Crippen LogP contribution in [0.2, 0.25) is 5.02 Å². The molecule has 2 aromatic carbocycles. The van der Waals surface area contributed by atoms with Crippen LogP contribution >= 0.6 is 11.6 Å². The lowest BCUT2D eigenvalue weighted by atomic mass is 10.0. The molecule has 0 saturated carbocycles. The van der Waals surface area contributed by atoms with Crippen LogP contribution in [0.1, 0.15) is 29.7 Å². The van der Waals surface area contributed by atoms with Crippen molar-refractivity contribution in [2.45, 2.75) is 19.9 Å². The molecule has 0 aliphatic heterocycles. The van der Waals surface area contributed by atoms with Crippen molar-refractivity contribution in [3.05, 3.63) is 64.2 Å². The number of halogens is 1. The maximum absolute atomic E-state index is 9.29. The minimum Gasteiger partial charge on any atom is -0.367 e. The lowest BCUT2D eigenvalue weighted by Gasteiger charge is -2.28. The molecule has 0 aliphatic rings. The number of nitrogens with zero attached hydrogens (tertiary/aromatic N) is 2. The topological polar surface area (TPSA) is 27.0 Å². The van der Waals surface area contributed by atoms with Crippen LogP contribution < -0.4 is 4.90 Å². The second-order valence-electron chi connectivity index (χ2n) is 4.97. The quantitative estimate of drug-likeness (QED) is 0.815. The summed E-state index contributed by atoms with van der Waals surface area (Å²) >= 11 is 5.92. The number of benzene rings is 2. The molecule has 2 nitrogen and oxygen atoms in total. The molecular weight excluding hydrogens is 268 g/mol. The molecule has 20 heavy (non-hydrogen) atoms. The van der Waals surface area contributed by atoms with Gasteiger partial charge >= 0.3 is 0 Å². The Morgan fingerprint density at radius 1 is 1.15 bits per heavy atom. The number of rotatable bonds is 3. The van der Waals surface area contributed by atoms with E-state index in [2.05, 4.69) is 17.9 Å². The maximum atomic E-state index is 9.29. The predicted octanol–water partition coefficient (Wildman–Crippen LogP) is 4.72. The van der Waals surface area contributed by atoms with Crippen LogP contribution in [-0.2, 0) is 0 Å². The molecule has 0 heterocycles. The lowest BCUT2D eigenvalue weighted by Crippen LogP contribution is -2.22. The Hall–Kier alpha value is -1.98. The van der Waals surface area contributed by atoms with Gasteiger partial charge in [0.2, 0.25) is 0 Å². The average molecular weight is 285 g/mol. The van der Waals surface area contributed by atoms with Crippen LogP contribution in [0.15, 0.2) is 42.5 Å². The molecule has 102 valence electrons. The fourth-order valence-electron chi connectivity index (χ4n) is 2.22. The van der Waals surface area contributed by atoms with Gasteiger partial charge in [-0.15, -0.1) is 0 Å². The molecule has 0 aliphatic carbocycles. The highest BCUT2D eigenvalue weighted by atomic mass is 35.5. The van der Waals surface area contributed by atoms with E-state index in [0.717, 1.165) is 16.3 Å². The summed E-state index contributed by atoms with van der Waals surface area (Å²) in [6.45, 7) is 4.11. The Morgan fingerprint density at radius 3 is 2.40 bits per heavy atom. The van der Waals surface area contributed by atoms with Gasteiger partial charge in [0.25, 0.3) is 0 Å². The van der Waals surface area contributed by atoms with E-state index in [1.165, 1.54) is 5.56 Å². The van der Waals surface area contributed by atoms with E-state index in [1.807, 2.05) is 56.4 Å². The second-order valence-corrected chi connectivity index (χ2v) is 5.41. The van der Waals surface area contributed by atoms with E-state index in [-0.39, 0.29) is 6.04 Å². The molecule has 0 spiro atoms. The number of hydrogen-bond donors (Lipinski definition) is 0. The van der Waals surface area contributed by atoms with Crippen molar-refractivity contribution in [1.29, 1.82) is 5.26 Å². The van der Waals surface area contributed by atoms with Crippen LogP contribution in [0.3, 0.4) is 0 Å². The zero-order valence-corrected chi connectivity index (χ0v) is 12.6. The van der Waals surface area contributed by atoms with Crippen molar-refractivity contribution in [3.63, 3.8) is 0 Å². The van der Waals surface area contributed by atoms with Crippen LogP contribution in [-0.4, -0.2) is 7.05 Å². The fraction of sp³-hybridized carbons (Fsp3) is 0.235. The lowest BCUT2D eigenvalue weighted by molar-refractivity contribution is 0.739. The molecule has 0 N–H and O–H groups in total. The van der Waals surface area contributed by atoms with Crippen LogP contribution in [0, 0.1) is 18.3 Å². The zero-order chi connectivity index (χ0) is 14.7. The molecule has 2 aromatic rings. The van der Waals surface area contributed by atoms with Crippen molar-refractivity contribution >= 4 is 17.3 Å². The first-order valence-electron chi connectivity index (χ1n) is 6.52. The van der Waals surface area contributed by atoms with E-state index >= 15 is 0 Å². The zero-order valence-electron chi connectivity index (χ0n) is 11.9.